The number of H-pyrrole nitrogens is 1. The van der Waals surface area contributed by atoms with Crippen LogP contribution in [0.25, 0.3) is 10.9 Å². The van der Waals surface area contributed by atoms with Gasteiger partial charge in [0, 0.05) is 17.4 Å². The van der Waals surface area contributed by atoms with Crippen LogP contribution in [-0.4, -0.2) is 11.7 Å². The van der Waals surface area contributed by atoms with Gasteiger partial charge in [0.15, 0.2) is 0 Å². The second-order valence-corrected chi connectivity index (χ2v) is 3.30. The molecule has 3 rings (SSSR count). The Hall–Kier alpha value is -1.48. The molecule has 0 unspecified atom stereocenters. The molecule has 0 saturated carbocycles. The van der Waals surface area contributed by atoms with Gasteiger partial charge in [-0.05, 0) is 6.07 Å². The van der Waals surface area contributed by atoms with Crippen molar-refractivity contribution < 1.29 is 0 Å². The summed E-state index contributed by atoms with van der Waals surface area (Å²) < 4.78 is 0. The average Bonchev–Trinajstić information content (AvgIpc) is 2.56. The van der Waals surface area contributed by atoms with Crippen LogP contribution in [0.1, 0.15) is 5.69 Å². The van der Waals surface area contributed by atoms with Crippen LogP contribution >= 0.6 is 0 Å². The molecule has 3 heteroatoms. The number of hydrogen-bond donors (Lipinski definition) is 3. The predicted molar refractivity (Wildman–Crippen MR) is 53.6 cm³/mol. The van der Waals surface area contributed by atoms with Crippen LogP contribution in [0.15, 0.2) is 24.3 Å². The second-order valence-electron chi connectivity index (χ2n) is 3.30. The molecule has 2 heterocycles. The number of hydrogen-bond acceptors (Lipinski definition) is 2. The minimum absolute atomic E-state index is 0.856. The van der Waals surface area contributed by atoms with Crippen molar-refractivity contribution in [1.82, 2.24) is 10.3 Å². The van der Waals surface area contributed by atoms with E-state index in [9.17, 15) is 0 Å². The van der Waals surface area contributed by atoms with E-state index in [-0.39, 0.29) is 0 Å². The van der Waals surface area contributed by atoms with Crippen LogP contribution in [0.2, 0.25) is 0 Å². The molecule has 0 saturated heterocycles. The SMILES string of the molecule is c1ccc2c3c([nH]c2c1)CNCN3. The second kappa shape index (κ2) is 2.50. The Morgan fingerprint density at radius 1 is 1.15 bits per heavy atom. The first kappa shape index (κ1) is 6.97. The number of fused-ring (bicyclic) bond motifs is 3. The van der Waals surface area contributed by atoms with E-state index in [0.29, 0.717) is 0 Å². The van der Waals surface area contributed by atoms with E-state index in [2.05, 4.69) is 39.9 Å². The van der Waals surface area contributed by atoms with Gasteiger partial charge in [0.05, 0.1) is 18.1 Å². The molecule has 13 heavy (non-hydrogen) atoms. The molecule has 1 aliphatic heterocycles. The zero-order chi connectivity index (χ0) is 8.67. The van der Waals surface area contributed by atoms with Crippen molar-refractivity contribution in [2.24, 2.45) is 0 Å². The van der Waals surface area contributed by atoms with Gasteiger partial charge in [0.1, 0.15) is 0 Å². The topological polar surface area (TPSA) is 39.9 Å². The van der Waals surface area contributed by atoms with Crippen molar-refractivity contribution in [3.63, 3.8) is 0 Å². The van der Waals surface area contributed by atoms with Crippen molar-refractivity contribution in [2.45, 2.75) is 6.54 Å². The van der Waals surface area contributed by atoms with E-state index < -0.39 is 0 Å². The lowest BCUT2D eigenvalue weighted by Gasteiger charge is -2.15. The van der Waals surface area contributed by atoms with E-state index in [1.807, 2.05) is 0 Å². The van der Waals surface area contributed by atoms with Gasteiger partial charge in [0.25, 0.3) is 0 Å². The number of aromatic amines is 1. The van der Waals surface area contributed by atoms with Gasteiger partial charge in [-0.15, -0.1) is 0 Å². The maximum Gasteiger partial charge on any atom is 0.0657 e. The molecule has 66 valence electrons. The van der Waals surface area contributed by atoms with Crippen molar-refractivity contribution in [3.8, 4) is 0 Å². The fourth-order valence-corrected chi connectivity index (χ4v) is 1.87. The highest BCUT2D eigenvalue weighted by Gasteiger charge is 2.12. The highest BCUT2D eigenvalue weighted by molar-refractivity contribution is 5.94. The van der Waals surface area contributed by atoms with Crippen LogP contribution < -0.4 is 10.6 Å². The van der Waals surface area contributed by atoms with Crippen LogP contribution in [-0.2, 0) is 6.54 Å². The number of nitrogens with one attached hydrogen (secondary N) is 3. The third kappa shape index (κ3) is 0.939. The van der Waals surface area contributed by atoms with Gasteiger partial charge >= 0.3 is 0 Å². The third-order valence-corrected chi connectivity index (χ3v) is 2.48. The Balaban J connectivity index is 2.34. The Bertz CT molecular complexity index is 444. The Morgan fingerprint density at radius 3 is 3.08 bits per heavy atom. The van der Waals surface area contributed by atoms with Gasteiger partial charge in [0.2, 0.25) is 0 Å². The molecule has 0 radical (unpaired) electrons. The summed E-state index contributed by atoms with van der Waals surface area (Å²) in [5, 5.41) is 7.89. The highest BCUT2D eigenvalue weighted by atomic mass is 15.1. The molecule has 1 aromatic carbocycles. The fourth-order valence-electron chi connectivity index (χ4n) is 1.87. The number of benzene rings is 1. The van der Waals surface area contributed by atoms with Crippen molar-refractivity contribution in [3.05, 3.63) is 30.0 Å². The highest BCUT2D eigenvalue weighted by Crippen LogP contribution is 2.28. The summed E-state index contributed by atoms with van der Waals surface area (Å²) in [6, 6.07) is 8.37. The van der Waals surface area contributed by atoms with Crippen LogP contribution in [0.3, 0.4) is 0 Å². The molecule has 3 nitrogen and oxygen atoms in total. The number of rotatable bonds is 0. The van der Waals surface area contributed by atoms with Gasteiger partial charge in [-0.25, -0.2) is 0 Å². The van der Waals surface area contributed by atoms with E-state index in [1.165, 1.54) is 22.3 Å². The minimum Gasteiger partial charge on any atom is -0.370 e. The van der Waals surface area contributed by atoms with Crippen LogP contribution in [0.5, 0.6) is 0 Å². The molecule has 0 bridgehead atoms. The van der Waals surface area contributed by atoms with Gasteiger partial charge in [-0.1, -0.05) is 18.2 Å². The van der Waals surface area contributed by atoms with Crippen molar-refractivity contribution in [2.75, 3.05) is 12.0 Å². The number of anilines is 1. The molecule has 3 N–H and O–H groups in total. The van der Waals surface area contributed by atoms with Crippen LogP contribution in [0.4, 0.5) is 5.69 Å². The standard InChI is InChI=1S/C10H11N3/c1-2-4-8-7(3-1)10-9(13-8)5-11-6-12-10/h1-4,11-13H,5-6H2. The molecular weight excluding hydrogens is 162 g/mol. The molecule has 2 aromatic rings. The zero-order valence-corrected chi connectivity index (χ0v) is 7.22. The average molecular weight is 173 g/mol. The Labute approximate surface area is 76.1 Å². The zero-order valence-electron chi connectivity index (χ0n) is 7.22. The maximum atomic E-state index is 3.39. The number of para-hydroxylation sites is 1. The van der Waals surface area contributed by atoms with Crippen LogP contribution in [0, 0.1) is 0 Å². The fraction of sp³-hybridized carbons (Fsp3) is 0.200. The first-order valence-corrected chi connectivity index (χ1v) is 4.49. The summed E-state index contributed by atoms with van der Waals surface area (Å²) >= 11 is 0. The molecule has 0 atom stereocenters. The lowest BCUT2D eigenvalue weighted by molar-refractivity contribution is 0.699. The van der Waals surface area contributed by atoms with Gasteiger partial charge in [-0.2, -0.15) is 0 Å². The summed E-state index contributed by atoms with van der Waals surface area (Å²) in [6.45, 7) is 1.78. The number of aromatic nitrogens is 1. The summed E-state index contributed by atoms with van der Waals surface area (Å²) in [5.74, 6) is 0. The van der Waals surface area contributed by atoms with E-state index in [0.717, 1.165) is 13.2 Å². The molecule has 0 spiro atoms. The minimum atomic E-state index is 0.856. The van der Waals surface area contributed by atoms with Gasteiger partial charge in [-0.3, -0.25) is 5.32 Å². The largest absolute Gasteiger partial charge is 0.370 e. The maximum absolute atomic E-state index is 3.39. The molecule has 0 aliphatic carbocycles. The molecular formula is C10H11N3. The van der Waals surface area contributed by atoms with Gasteiger partial charge < -0.3 is 10.3 Å². The lowest BCUT2D eigenvalue weighted by Crippen LogP contribution is -2.27. The Kier molecular flexibility index (Phi) is 1.34. The molecule has 0 fully saturated rings. The monoisotopic (exact) mass is 173 g/mol. The summed E-state index contributed by atoms with van der Waals surface area (Å²) in [5.41, 5.74) is 3.73. The smallest absolute Gasteiger partial charge is 0.0657 e. The van der Waals surface area contributed by atoms with Crippen molar-refractivity contribution >= 4 is 16.6 Å². The third-order valence-electron chi connectivity index (χ3n) is 2.48. The lowest BCUT2D eigenvalue weighted by atomic mass is 10.2. The van der Waals surface area contributed by atoms with E-state index >= 15 is 0 Å². The normalized spacial score (nSPS) is 15.4. The predicted octanol–water partition coefficient (Wildman–Crippen LogP) is 1.64. The first-order chi connectivity index (χ1) is 6.45. The van der Waals surface area contributed by atoms with E-state index in [1.54, 1.807) is 0 Å². The Morgan fingerprint density at radius 2 is 2.08 bits per heavy atom. The van der Waals surface area contributed by atoms with Crippen molar-refractivity contribution in [1.29, 1.82) is 0 Å². The van der Waals surface area contributed by atoms with E-state index in [4.69, 9.17) is 0 Å². The summed E-state index contributed by atoms with van der Waals surface area (Å²) in [6.07, 6.45) is 0. The molecule has 1 aliphatic rings. The quantitative estimate of drug-likeness (QED) is 0.566. The molecule has 1 aromatic heterocycles. The summed E-state index contributed by atoms with van der Waals surface area (Å²) in [7, 11) is 0. The first-order valence-electron chi connectivity index (χ1n) is 4.49. The molecule has 0 amide bonds. The summed E-state index contributed by atoms with van der Waals surface area (Å²) in [4.78, 5) is 3.39.